The number of hydrogen-bond donors (Lipinski definition) is 2. The van der Waals surface area contributed by atoms with Crippen LogP contribution in [0.2, 0.25) is 0 Å². The van der Waals surface area contributed by atoms with Gasteiger partial charge in [-0.3, -0.25) is 4.79 Å². The summed E-state index contributed by atoms with van der Waals surface area (Å²) in [4.78, 5) is 26.3. The molecule has 7 nitrogen and oxygen atoms in total. The summed E-state index contributed by atoms with van der Waals surface area (Å²) in [5.74, 6) is 6.65. The number of esters is 2. The molecule has 0 amide bonds. The van der Waals surface area contributed by atoms with Gasteiger partial charge in [-0.15, -0.1) is 5.92 Å². The van der Waals surface area contributed by atoms with Crippen LogP contribution < -0.4 is 0 Å². The van der Waals surface area contributed by atoms with Gasteiger partial charge in [-0.05, 0) is 81.3 Å². The number of carbonyl (C=O) groups excluding carboxylic acids is 2. The second-order valence-corrected chi connectivity index (χ2v) is 14.7. The van der Waals surface area contributed by atoms with Crippen LogP contribution in [0.25, 0.3) is 0 Å². The number of carbonyl (C=O) groups is 2. The van der Waals surface area contributed by atoms with Gasteiger partial charge in [-0.25, -0.2) is 4.79 Å². The van der Waals surface area contributed by atoms with Gasteiger partial charge in [0.2, 0.25) is 0 Å². The molecule has 7 rings (SSSR count). The molecule has 0 aromatic rings. The maximum Gasteiger partial charge on any atom is 0.331 e. The van der Waals surface area contributed by atoms with Crippen LogP contribution >= 0.6 is 0 Å². The third-order valence-corrected chi connectivity index (χ3v) is 13.0. The Kier molecular flexibility index (Phi) is 6.11. The van der Waals surface area contributed by atoms with E-state index in [9.17, 15) is 19.8 Å². The maximum absolute atomic E-state index is 14.3. The quantitative estimate of drug-likeness (QED) is 0.370. The molecular weight excluding hydrogens is 520 g/mol. The number of ether oxygens (including phenoxy) is 3. The topological polar surface area (TPSA) is 102 Å². The van der Waals surface area contributed by atoms with Crippen molar-refractivity contribution < 1.29 is 34.0 Å². The smallest absolute Gasteiger partial charge is 0.331 e. The second kappa shape index (κ2) is 9.10. The average molecular weight is 565 g/mol. The highest BCUT2D eigenvalue weighted by atomic mass is 16.6. The van der Waals surface area contributed by atoms with Crippen molar-refractivity contribution in [3.05, 3.63) is 23.5 Å². The number of fused-ring (bicyclic) bond motifs is 3. The summed E-state index contributed by atoms with van der Waals surface area (Å²) in [6.07, 6.45) is 12.7. The number of aliphatic hydroxyl groups is 2. The first kappa shape index (κ1) is 27.5. The Morgan fingerprint density at radius 1 is 1.07 bits per heavy atom. The minimum absolute atomic E-state index is 0.143. The number of hydrogen-bond acceptors (Lipinski definition) is 7. The van der Waals surface area contributed by atoms with E-state index >= 15 is 0 Å². The van der Waals surface area contributed by atoms with Crippen molar-refractivity contribution in [2.24, 2.45) is 27.1 Å². The first-order valence-electron chi connectivity index (χ1n) is 15.9. The van der Waals surface area contributed by atoms with Crippen LogP contribution in [-0.2, 0) is 23.8 Å². The first-order valence-corrected chi connectivity index (χ1v) is 15.9. The fraction of sp³-hybridized carbons (Fsp3) is 0.765. The van der Waals surface area contributed by atoms with Crippen molar-refractivity contribution in [3.8, 4) is 11.8 Å². The highest BCUT2D eigenvalue weighted by Gasteiger charge is 2.85. The predicted octanol–water partition coefficient (Wildman–Crippen LogP) is 4.89. The van der Waals surface area contributed by atoms with E-state index in [1.165, 1.54) is 0 Å². The molecular formula is C34H44O7. The van der Waals surface area contributed by atoms with Gasteiger partial charge in [0, 0.05) is 18.9 Å². The first-order chi connectivity index (χ1) is 19.6. The van der Waals surface area contributed by atoms with E-state index in [1.807, 2.05) is 6.26 Å². The Morgan fingerprint density at radius 2 is 1.88 bits per heavy atom. The van der Waals surface area contributed by atoms with Crippen LogP contribution in [-0.4, -0.2) is 53.2 Å². The molecule has 4 fully saturated rings. The van der Waals surface area contributed by atoms with Gasteiger partial charge in [-0.1, -0.05) is 32.1 Å². The summed E-state index contributed by atoms with van der Waals surface area (Å²) in [5.41, 5.74) is -2.77. The zero-order valence-electron chi connectivity index (χ0n) is 24.6. The Labute approximate surface area is 243 Å². The number of rotatable bonds is 4. The van der Waals surface area contributed by atoms with Crippen LogP contribution in [0.3, 0.4) is 0 Å². The van der Waals surface area contributed by atoms with Crippen LogP contribution in [0.1, 0.15) is 104 Å². The van der Waals surface area contributed by atoms with E-state index in [4.69, 9.17) is 14.2 Å². The van der Waals surface area contributed by atoms with E-state index in [0.29, 0.717) is 32.1 Å². The van der Waals surface area contributed by atoms with Crippen molar-refractivity contribution in [2.45, 2.75) is 122 Å². The van der Waals surface area contributed by atoms with Crippen LogP contribution in [0.4, 0.5) is 0 Å². The predicted molar refractivity (Wildman–Crippen MR) is 150 cm³/mol. The molecule has 7 aliphatic rings. The zero-order chi connectivity index (χ0) is 28.7. The summed E-state index contributed by atoms with van der Waals surface area (Å²) in [7, 11) is 0. The van der Waals surface area contributed by atoms with Gasteiger partial charge in [0.15, 0.2) is 0 Å². The van der Waals surface area contributed by atoms with Crippen molar-refractivity contribution in [1.29, 1.82) is 0 Å². The molecule has 3 aliphatic heterocycles. The molecule has 4 bridgehead atoms. The number of aliphatic hydroxyl groups excluding tert-OH is 2. The third kappa shape index (κ3) is 3.24. The third-order valence-electron chi connectivity index (χ3n) is 13.0. The summed E-state index contributed by atoms with van der Waals surface area (Å²) < 4.78 is 19.1. The molecule has 4 aliphatic carbocycles. The molecule has 41 heavy (non-hydrogen) atoms. The number of cyclic esters (lactones) is 1. The Hall–Kier alpha value is -2.30. The van der Waals surface area contributed by atoms with Crippen LogP contribution in [0.15, 0.2) is 23.5 Å². The fourth-order valence-electron chi connectivity index (χ4n) is 11.2. The minimum Gasteiger partial charge on any atom is -0.492 e. The highest BCUT2D eigenvalue weighted by Crippen LogP contribution is 2.80. The van der Waals surface area contributed by atoms with Gasteiger partial charge in [0.1, 0.15) is 18.3 Å². The molecule has 0 unspecified atom stereocenters. The largest absolute Gasteiger partial charge is 0.492 e. The lowest BCUT2D eigenvalue weighted by molar-refractivity contribution is -0.364. The highest BCUT2D eigenvalue weighted by molar-refractivity contribution is 5.85. The lowest BCUT2D eigenvalue weighted by Gasteiger charge is -2.78. The molecule has 0 aromatic heterocycles. The van der Waals surface area contributed by atoms with E-state index < -0.39 is 39.5 Å². The molecule has 2 N–H and O–H groups in total. The van der Waals surface area contributed by atoms with Gasteiger partial charge >= 0.3 is 11.9 Å². The van der Waals surface area contributed by atoms with E-state index in [-0.39, 0.29) is 30.6 Å². The van der Waals surface area contributed by atoms with Crippen LogP contribution in [0, 0.1) is 38.9 Å². The standard InChI is InChI=1S/C34H44O7/c1-29-11-6-8-24-21-40-33(17-9-23-18-27(37)39-20-23)30(2)12-7-15-31(13-4-3-5-14-31)28(38)41-26(19-30)34(24,29)32(33,22-35)25(36)10-16-29/h18,21,25-26,35-36H,3-6,8-11,13-17,19-20,22H2,1-2H3/t25-,26-,29-,30+,32-,33-,34+/m1/s1. The van der Waals surface area contributed by atoms with Crippen molar-refractivity contribution in [2.75, 3.05) is 13.2 Å². The van der Waals surface area contributed by atoms with Crippen LogP contribution in [0.5, 0.6) is 0 Å². The minimum atomic E-state index is -1.14. The lowest BCUT2D eigenvalue weighted by atomic mass is 9.28. The van der Waals surface area contributed by atoms with Gasteiger partial charge in [0.05, 0.1) is 40.6 Å². The zero-order valence-corrected chi connectivity index (χ0v) is 24.6. The van der Waals surface area contributed by atoms with Gasteiger partial charge < -0.3 is 24.4 Å². The second-order valence-electron chi connectivity index (χ2n) is 14.7. The molecule has 222 valence electrons. The van der Waals surface area contributed by atoms with Crippen molar-refractivity contribution in [1.82, 2.24) is 0 Å². The molecule has 0 radical (unpaired) electrons. The molecule has 7 atom stereocenters. The van der Waals surface area contributed by atoms with E-state index in [2.05, 4.69) is 25.7 Å². The van der Waals surface area contributed by atoms with Crippen molar-refractivity contribution in [3.63, 3.8) is 0 Å². The maximum atomic E-state index is 14.3. The Morgan fingerprint density at radius 3 is 2.61 bits per heavy atom. The molecule has 4 saturated carbocycles. The monoisotopic (exact) mass is 564 g/mol. The summed E-state index contributed by atoms with van der Waals surface area (Å²) in [6, 6.07) is 0. The molecule has 7 heteroatoms. The fourth-order valence-corrected chi connectivity index (χ4v) is 11.2. The van der Waals surface area contributed by atoms with Crippen molar-refractivity contribution >= 4 is 11.9 Å². The SMILES string of the molecule is C[C@@]12CCCC3=CO[C@@]4(CCC5=CC(=O)OC5)[C@@](CO)([C@H](O)CC1)[C@]32[C@H]1C[C@]4(C)C#CCC2(CCCCC2)C(=O)O1. The average Bonchev–Trinajstić information content (AvgIpc) is 3.39. The molecule has 3 heterocycles. The summed E-state index contributed by atoms with van der Waals surface area (Å²) in [6.45, 7) is 4.34. The Bertz CT molecular complexity index is 1280. The summed E-state index contributed by atoms with van der Waals surface area (Å²) >= 11 is 0. The molecule has 0 aromatic carbocycles. The van der Waals surface area contributed by atoms with E-state index in [1.54, 1.807) is 6.08 Å². The molecule has 2 spiro atoms. The summed E-state index contributed by atoms with van der Waals surface area (Å²) in [5, 5.41) is 24.1. The Balaban J connectivity index is 1.48. The lowest BCUT2D eigenvalue weighted by Crippen LogP contribution is -2.84. The van der Waals surface area contributed by atoms with Gasteiger partial charge in [0.25, 0.3) is 0 Å². The molecule has 0 saturated heterocycles. The van der Waals surface area contributed by atoms with E-state index in [0.717, 1.165) is 68.9 Å². The van der Waals surface area contributed by atoms with Gasteiger partial charge in [-0.2, -0.15) is 0 Å². The normalized spacial score (nSPS) is 45.8.